The Morgan fingerprint density at radius 1 is 1.56 bits per heavy atom. The molecule has 1 unspecified atom stereocenters. The molecular formula is C12H16FNO2. The van der Waals surface area contributed by atoms with Crippen molar-refractivity contribution in [3.05, 3.63) is 35.1 Å². The van der Waals surface area contributed by atoms with Gasteiger partial charge in [0.05, 0.1) is 13.0 Å². The third-order valence-electron chi connectivity index (χ3n) is 2.52. The molecule has 0 aliphatic heterocycles. The van der Waals surface area contributed by atoms with E-state index in [1.54, 1.807) is 19.1 Å². The number of rotatable bonds is 4. The summed E-state index contributed by atoms with van der Waals surface area (Å²) in [6, 6.07) is 4.78. The van der Waals surface area contributed by atoms with Gasteiger partial charge in [-0.2, -0.15) is 0 Å². The SMILES string of the molecule is COC(=O)C(CN)Cc1ccc(F)c(C)c1. The third-order valence-corrected chi connectivity index (χ3v) is 2.52. The first-order valence-corrected chi connectivity index (χ1v) is 5.11. The van der Waals surface area contributed by atoms with Crippen LogP contribution in [-0.4, -0.2) is 19.6 Å². The molecule has 0 saturated carbocycles. The zero-order chi connectivity index (χ0) is 12.1. The quantitative estimate of drug-likeness (QED) is 0.788. The van der Waals surface area contributed by atoms with E-state index in [0.717, 1.165) is 5.56 Å². The van der Waals surface area contributed by atoms with Crippen LogP contribution < -0.4 is 5.73 Å². The number of ether oxygens (including phenoxy) is 1. The summed E-state index contributed by atoms with van der Waals surface area (Å²) in [5, 5.41) is 0. The first-order valence-electron chi connectivity index (χ1n) is 5.11. The van der Waals surface area contributed by atoms with Crippen LogP contribution in [0.3, 0.4) is 0 Å². The van der Waals surface area contributed by atoms with Crippen molar-refractivity contribution in [1.29, 1.82) is 0 Å². The number of hydrogen-bond acceptors (Lipinski definition) is 3. The molecule has 1 rings (SSSR count). The van der Waals surface area contributed by atoms with Gasteiger partial charge in [0.25, 0.3) is 0 Å². The van der Waals surface area contributed by atoms with E-state index >= 15 is 0 Å². The van der Waals surface area contributed by atoms with E-state index in [4.69, 9.17) is 5.73 Å². The van der Waals surface area contributed by atoms with Gasteiger partial charge in [0, 0.05) is 6.54 Å². The maximum absolute atomic E-state index is 13.0. The Balaban J connectivity index is 2.78. The van der Waals surface area contributed by atoms with E-state index in [1.165, 1.54) is 13.2 Å². The molecule has 1 aromatic rings. The average molecular weight is 225 g/mol. The lowest BCUT2D eigenvalue weighted by Gasteiger charge is -2.12. The molecule has 0 radical (unpaired) electrons. The summed E-state index contributed by atoms with van der Waals surface area (Å²) in [6.07, 6.45) is 0.476. The fourth-order valence-electron chi connectivity index (χ4n) is 1.55. The van der Waals surface area contributed by atoms with Gasteiger partial charge in [-0.15, -0.1) is 0 Å². The lowest BCUT2D eigenvalue weighted by molar-refractivity contribution is -0.145. The van der Waals surface area contributed by atoms with Crippen molar-refractivity contribution in [3.63, 3.8) is 0 Å². The second-order valence-corrected chi connectivity index (χ2v) is 3.74. The van der Waals surface area contributed by atoms with Gasteiger partial charge in [-0.1, -0.05) is 12.1 Å². The van der Waals surface area contributed by atoms with Crippen molar-refractivity contribution >= 4 is 5.97 Å². The van der Waals surface area contributed by atoms with Crippen LogP contribution in [0.15, 0.2) is 18.2 Å². The Bertz CT molecular complexity index is 379. The minimum absolute atomic E-state index is 0.225. The zero-order valence-electron chi connectivity index (χ0n) is 9.50. The number of methoxy groups -OCH3 is 1. The number of nitrogens with two attached hydrogens (primary N) is 1. The second kappa shape index (κ2) is 5.61. The highest BCUT2D eigenvalue weighted by Gasteiger charge is 2.17. The number of halogens is 1. The summed E-state index contributed by atoms with van der Waals surface area (Å²) >= 11 is 0. The van der Waals surface area contributed by atoms with Crippen molar-refractivity contribution in [2.45, 2.75) is 13.3 Å². The fourth-order valence-corrected chi connectivity index (χ4v) is 1.55. The highest BCUT2D eigenvalue weighted by molar-refractivity contribution is 5.72. The first kappa shape index (κ1) is 12.6. The molecule has 0 saturated heterocycles. The van der Waals surface area contributed by atoms with Crippen LogP contribution in [0.2, 0.25) is 0 Å². The van der Waals surface area contributed by atoms with Crippen molar-refractivity contribution in [1.82, 2.24) is 0 Å². The summed E-state index contributed by atoms with van der Waals surface area (Å²) in [7, 11) is 1.33. The van der Waals surface area contributed by atoms with Crippen LogP contribution in [0.25, 0.3) is 0 Å². The zero-order valence-corrected chi connectivity index (χ0v) is 9.50. The second-order valence-electron chi connectivity index (χ2n) is 3.74. The molecule has 0 amide bonds. The van der Waals surface area contributed by atoms with E-state index in [9.17, 15) is 9.18 Å². The van der Waals surface area contributed by atoms with Crippen LogP contribution in [0.5, 0.6) is 0 Å². The van der Waals surface area contributed by atoms with E-state index < -0.39 is 0 Å². The standard InChI is InChI=1S/C12H16FNO2/c1-8-5-9(3-4-11(8)13)6-10(7-14)12(15)16-2/h3-5,10H,6-7,14H2,1-2H3. The fraction of sp³-hybridized carbons (Fsp3) is 0.417. The molecule has 0 fully saturated rings. The van der Waals surface area contributed by atoms with E-state index in [0.29, 0.717) is 12.0 Å². The van der Waals surface area contributed by atoms with Crippen molar-refractivity contribution in [2.24, 2.45) is 11.7 Å². The van der Waals surface area contributed by atoms with E-state index in [2.05, 4.69) is 4.74 Å². The average Bonchev–Trinajstić information content (AvgIpc) is 2.29. The highest BCUT2D eigenvalue weighted by Crippen LogP contribution is 2.14. The van der Waals surface area contributed by atoms with Gasteiger partial charge < -0.3 is 10.5 Å². The molecule has 3 nitrogen and oxygen atoms in total. The maximum Gasteiger partial charge on any atom is 0.310 e. The van der Waals surface area contributed by atoms with Gasteiger partial charge in [-0.05, 0) is 30.5 Å². The molecule has 0 aliphatic carbocycles. The van der Waals surface area contributed by atoms with Crippen LogP contribution in [0, 0.1) is 18.7 Å². The smallest absolute Gasteiger partial charge is 0.310 e. The Morgan fingerprint density at radius 2 is 2.25 bits per heavy atom. The van der Waals surface area contributed by atoms with Gasteiger partial charge in [0.2, 0.25) is 0 Å². The molecule has 0 bridgehead atoms. The molecule has 0 spiro atoms. The molecule has 88 valence electrons. The first-order chi connectivity index (χ1) is 7.58. The topological polar surface area (TPSA) is 52.3 Å². The summed E-state index contributed by atoms with van der Waals surface area (Å²) in [5.41, 5.74) is 6.95. The van der Waals surface area contributed by atoms with Crippen LogP contribution in [0.1, 0.15) is 11.1 Å². The molecule has 2 N–H and O–H groups in total. The lowest BCUT2D eigenvalue weighted by atomic mass is 9.98. The number of esters is 1. The van der Waals surface area contributed by atoms with Crippen LogP contribution in [0.4, 0.5) is 4.39 Å². The molecule has 0 heterocycles. The van der Waals surface area contributed by atoms with Crippen molar-refractivity contribution in [3.8, 4) is 0 Å². The minimum atomic E-state index is -0.366. The number of carbonyl (C=O) groups excluding carboxylic acids is 1. The molecule has 16 heavy (non-hydrogen) atoms. The largest absolute Gasteiger partial charge is 0.469 e. The van der Waals surface area contributed by atoms with Gasteiger partial charge in [0.1, 0.15) is 5.82 Å². The minimum Gasteiger partial charge on any atom is -0.469 e. The molecule has 0 aliphatic rings. The highest BCUT2D eigenvalue weighted by atomic mass is 19.1. The van der Waals surface area contributed by atoms with Crippen LogP contribution >= 0.6 is 0 Å². The van der Waals surface area contributed by atoms with Crippen LogP contribution in [-0.2, 0) is 16.0 Å². The molecule has 1 aromatic carbocycles. The Labute approximate surface area is 94.4 Å². The molecule has 0 aromatic heterocycles. The third kappa shape index (κ3) is 3.03. The summed E-state index contributed by atoms with van der Waals surface area (Å²) in [6.45, 7) is 1.91. The van der Waals surface area contributed by atoms with Gasteiger partial charge in [0.15, 0.2) is 0 Å². The Morgan fingerprint density at radius 3 is 2.75 bits per heavy atom. The number of carbonyl (C=O) groups is 1. The monoisotopic (exact) mass is 225 g/mol. The summed E-state index contributed by atoms with van der Waals surface area (Å²) < 4.78 is 17.7. The van der Waals surface area contributed by atoms with E-state index in [1.807, 2.05) is 0 Å². The van der Waals surface area contributed by atoms with E-state index in [-0.39, 0.29) is 24.2 Å². The lowest BCUT2D eigenvalue weighted by Crippen LogP contribution is -2.26. The van der Waals surface area contributed by atoms with Gasteiger partial charge in [-0.25, -0.2) is 4.39 Å². The Hall–Kier alpha value is -1.42. The van der Waals surface area contributed by atoms with Crippen molar-refractivity contribution < 1.29 is 13.9 Å². The molecule has 1 atom stereocenters. The number of benzene rings is 1. The van der Waals surface area contributed by atoms with Crippen molar-refractivity contribution in [2.75, 3.05) is 13.7 Å². The number of hydrogen-bond donors (Lipinski definition) is 1. The normalized spacial score (nSPS) is 12.2. The van der Waals surface area contributed by atoms with Gasteiger partial charge >= 0.3 is 5.97 Å². The predicted octanol–water partition coefficient (Wildman–Crippen LogP) is 1.42. The maximum atomic E-state index is 13.0. The summed E-state index contributed by atoms with van der Waals surface area (Å²) in [5.74, 6) is -0.939. The molecule has 4 heteroatoms. The Kier molecular flexibility index (Phi) is 4.43. The van der Waals surface area contributed by atoms with Gasteiger partial charge in [-0.3, -0.25) is 4.79 Å². The predicted molar refractivity (Wildman–Crippen MR) is 59.4 cm³/mol. The number of aryl methyl sites for hydroxylation is 1. The summed E-state index contributed by atoms with van der Waals surface area (Å²) in [4.78, 5) is 11.3. The molecular weight excluding hydrogens is 209 g/mol.